The van der Waals surface area contributed by atoms with Crippen molar-refractivity contribution in [2.75, 3.05) is 12.8 Å². The zero-order valence-electron chi connectivity index (χ0n) is 14.4. The number of hydrogen-bond donors (Lipinski definition) is 1. The van der Waals surface area contributed by atoms with Gasteiger partial charge in [0.05, 0.1) is 24.7 Å². The molecule has 0 saturated heterocycles. The van der Waals surface area contributed by atoms with E-state index in [2.05, 4.69) is 9.97 Å². The fourth-order valence-corrected chi connectivity index (χ4v) is 2.63. The molecule has 0 fully saturated rings. The van der Waals surface area contributed by atoms with E-state index < -0.39 is 0 Å². The average molecular weight is 336 g/mol. The number of ether oxygens (including phenoxy) is 1. The molecule has 0 atom stereocenters. The molecule has 6 nitrogen and oxygen atoms in total. The van der Waals surface area contributed by atoms with Gasteiger partial charge in [-0.25, -0.2) is 4.98 Å². The second-order valence-corrected chi connectivity index (χ2v) is 5.98. The van der Waals surface area contributed by atoms with Crippen molar-refractivity contribution in [2.24, 2.45) is 0 Å². The van der Waals surface area contributed by atoms with E-state index in [0.29, 0.717) is 17.2 Å². The lowest BCUT2D eigenvalue weighted by atomic mass is 10.0. The Balaban J connectivity index is 2.21. The van der Waals surface area contributed by atoms with E-state index in [1.807, 2.05) is 38.1 Å². The van der Waals surface area contributed by atoms with Gasteiger partial charge in [-0.3, -0.25) is 9.78 Å². The molecular weight excluding hydrogens is 316 g/mol. The minimum Gasteiger partial charge on any atom is -0.497 e. The van der Waals surface area contributed by atoms with Gasteiger partial charge >= 0.3 is 0 Å². The minimum atomic E-state index is -0.0508. The van der Waals surface area contributed by atoms with Crippen molar-refractivity contribution in [3.8, 4) is 28.3 Å². The number of nitrogen functional groups attached to an aromatic ring is 1. The third-order valence-electron chi connectivity index (χ3n) is 3.90. The van der Waals surface area contributed by atoms with Crippen LogP contribution in [-0.2, 0) is 0 Å². The SMILES string of the molecule is COc1cccc(-c2nc(N)cnc2-c2ccc(=O)n(C(C)C)c2)c1. The Hall–Kier alpha value is -3.15. The van der Waals surface area contributed by atoms with Gasteiger partial charge in [-0.1, -0.05) is 12.1 Å². The fraction of sp³-hybridized carbons (Fsp3) is 0.211. The second-order valence-electron chi connectivity index (χ2n) is 5.98. The van der Waals surface area contributed by atoms with Crippen LogP contribution in [0.1, 0.15) is 19.9 Å². The molecule has 2 aromatic heterocycles. The molecule has 128 valence electrons. The van der Waals surface area contributed by atoms with Gasteiger partial charge < -0.3 is 15.0 Å². The lowest BCUT2D eigenvalue weighted by Crippen LogP contribution is -2.20. The predicted molar refractivity (Wildman–Crippen MR) is 98.5 cm³/mol. The third kappa shape index (κ3) is 3.38. The van der Waals surface area contributed by atoms with Crippen LogP contribution in [0.4, 0.5) is 5.82 Å². The molecule has 0 unspecified atom stereocenters. The van der Waals surface area contributed by atoms with Crippen LogP contribution in [0.25, 0.3) is 22.5 Å². The molecule has 0 spiro atoms. The van der Waals surface area contributed by atoms with E-state index in [9.17, 15) is 4.79 Å². The summed E-state index contributed by atoms with van der Waals surface area (Å²) in [5.41, 5.74) is 8.76. The van der Waals surface area contributed by atoms with Gasteiger partial charge in [-0.15, -0.1) is 0 Å². The maximum Gasteiger partial charge on any atom is 0.250 e. The normalized spacial score (nSPS) is 10.9. The van der Waals surface area contributed by atoms with Crippen LogP contribution in [0.5, 0.6) is 5.75 Å². The smallest absolute Gasteiger partial charge is 0.250 e. The van der Waals surface area contributed by atoms with Gasteiger partial charge in [0.1, 0.15) is 11.6 Å². The van der Waals surface area contributed by atoms with Gasteiger partial charge in [0.15, 0.2) is 0 Å². The highest BCUT2D eigenvalue weighted by molar-refractivity contribution is 5.78. The highest BCUT2D eigenvalue weighted by Gasteiger charge is 2.14. The first kappa shape index (κ1) is 16.7. The molecule has 6 heteroatoms. The Kier molecular flexibility index (Phi) is 4.52. The van der Waals surface area contributed by atoms with Gasteiger partial charge in [-0.05, 0) is 32.0 Å². The van der Waals surface area contributed by atoms with Gasteiger partial charge in [0, 0.05) is 29.4 Å². The van der Waals surface area contributed by atoms with E-state index in [0.717, 1.165) is 16.9 Å². The summed E-state index contributed by atoms with van der Waals surface area (Å²) in [6, 6.07) is 10.9. The van der Waals surface area contributed by atoms with Crippen molar-refractivity contribution >= 4 is 5.82 Å². The number of nitrogens with zero attached hydrogens (tertiary/aromatic N) is 3. The molecule has 3 rings (SSSR count). The Morgan fingerprint density at radius 2 is 1.92 bits per heavy atom. The van der Waals surface area contributed by atoms with Crippen LogP contribution in [-0.4, -0.2) is 21.6 Å². The van der Waals surface area contributed by atoms with E-state index in [1.54, 1.807) is 30.0 Å². The number of nitrogens with two attached hydrogens (primary N) is 1. The van der Waals surface area contributed by atoms with E-state index in [-0.39, 0.29) is 11.6 Å². The molecule has 2 N–H and O–H groups in total. The van der Waals surface area contributed by atoms with Crippen molar-refractivity contribution in [3.05, 3.63) is 59.1 Å². The average Bonchev–Trinajstić information content (AvgIpc) is 2.62. The van der Waals surface area contributed by atoms with Crippen molar-refractivity contribution in [3.63, 3.8) is 0 Å². The van der Waals surface area contributed by atoms with Crippen LogP contribution >= 0.6 is 0 Å². The molecule has 0 amide bonds. The number of benzene rings is 1. The second kappa shape index (κ2) is 6.76. The first-order valence-electron chi connectivity index (χ1n) is 7.99. The number of rotatable bonds is 4. The van der Waals surface area contributed by atoms with Gasteiger partial charge in [0.2, 0.25) is 0 Å². The number of methoxy groups -OCH3 is 1. The summed E-state index contributed by atoms with van der Waals surface area (Å²) in [6.07, 6.45) is 3.32. The van der Waals surface area contributed by atoms with Crippen LogP contribution in [0.2, 0.25) is 0 Å². The maximum atomic E-state index is 12.0. The predicted octanol–water partition coefficient (Wildman–Crippen LogP) is 3.14. The van der Waals surface area contributed by atoms with Crippen molar-refractivity contribution in [1.29, 1.82) is 0 Å². The standard InChI is InChI=1S/C19H20N4O2/c1-12(2)23-11-14(7-8-17(23)24)18-19(22-16(20)10-21-18)13-5-4-6-15(9-13)25-3/h4-12H,1-3H3,(H2,20,22). The molecule has 0 saturated carbocycles. The summed E-state index contributed by atoms with van der Waals surface area (Å²) in [6.45, 7) is 3.92. The molecule has 2 heterocycles. The largest absolute Gasteiger partial charge is 0.497 e. The lowest BCUT2D eigenvalue weighted by molar-refractivity contribution is 0.415. The van der Waals surface area contributed by atoms with Crippen LogP contribution in [0.15, 0.2) is 53.6 Å². The fourth-order valence-electron chi connectivity index (χ4n) is 2.63. The van der Waals surface area contributed by atoms with Crippen molar-refractivity contribution in [2.45, 2.75) is 19.9 Å². The zero-order valence-corrected chi connectivity index (χ0v) is 14.4. The summed E-state index contributed by atoms with van der Waals surface area (Å²) in [7, 11) is 1.61. The van der Waals surface area contributed by atoms with Gasteiger partial charge in [-0.2, -0.15) is 0 Å². The molecule has 0 radical (unpaired) electrons. The first-order chi connectivity index (χ1) is 12.0. The maximum absolute atomic E-state index is 12.0. The molecule has 0 bridgehead atoms. The Bertz CT molecular complexity index is 964. The van der Waals surface area contributed by atoms with Crippen LogP contribution in [0.3, 0.4) is 0 Å². The summed E-state index contributed by atoms with van der Waals surface area (Å²) in [5, 5.41) is 0. The summed E-state index contributed by atoms with van der Waals surface area (Å²) in [5.74, 6) is 1.05. The van der Waals surface area contributed by atoms with Crippen molar-refractivity contribution < 1.29 is 4.74 Å². The summed E-state index contributed by atoms with van der Waals surface area (Å²) >= 11 is 0. The quantitative estimate of drug-likeness (QED) is 0.791. The Labute approximate surface area is 145 Å². The first-order valence-corrected chi connectivity index (χ1v) is 7.99. The summed E-state index contributed by atoms with van der Waals surface area (Å²) in [4.78, 5) is 21.0. The molecule has 0 aliphatic carbocycles. The zero-order chi connectivity index (χ0) is 18.0. The monoisotopic (exact) mass is 336 g/mol. The van der Waals surface area contributed by atoms with Crippen molar-refractivity contribution in [1.82, 2.24) is 14.5 Å². The highest BCUT2D eigenvalue weighted by Crippen LogP contribution is 2.31. The van der Waals surface area contributed by atoms with E-state index >= 15 is 0 Å². The third-order valence-corrected chi connectivity index (χ3v) is 3.90. The minimum absolute atomic E-state index is 0.0504. The molecular formula is C19H20N4O2. The molecule has 25 heavy (non-hydrogen) atoms. The molecule has 3 aromatic rings. The number of hydrogen-bond acceptors (Lipinski definition) is 5. The molecule has 0 aliphatic rings. The van der Waals surface area contributed by atoms with Crippen LogP contribution in [0, 0.1) is 0 Å². The Morgan fingerprint density at radius 1 is 1.12 bits per heavy atom. The van der Waals surface area contributed by atoms with E-state index in [1.165, 1.54) is 6.20 Å². The van der Waals surface area contributed by atoms with Gasteiger partial charge in [0.25, 0.3) is 5.56 Å². The Morgan fingerprint density at radius 3 is 2.64 bits per heavy atom. The number of aromatic nitrogens is 3. The molecule has 0 aliphatic heterocycles. The molecule has 1 aromatic carbocycles. The summed E-state index contributed by atoms with van der Waals surface area (Å²) < 4.78 is 6.96. The topological polar surface area (TPSA) is 83.0 Å². The lowest BCUT2D eigenvalue weighted by Gasteiger charge is -2.14. The number of anilines is 1. The van der Waals surface area contributed by atoms with E-state index in [4.69, 9.17) is 10.5 Å². The highest BCUT2D eigenvalue weighted by atomic mass is 16.5. The van der Waals surface area contributed by atoms with Crippen LogP contribution < -0.4 is 16.0 Å². The number of pyridine rings is 1.